The molecular weight excluding hydrogens is 342 g/mol. The molecule has 0 amide bonds. The number of nitrogens with one attached hydrogen (secondary N) is 1. The van der Waals surface area contributed by atoms with E-state index < -0.39 is 11.5 Å². The second-order valence-electron chi connectivity index (χ2n) is 5.68. The number of hydrogen-bond acceptors (Lipinski definition) is 6. The van der Waals surface area contributed by atoms with Crippen LogP contribution >= 0.6 is 15.9 Å². The SMILES string of the molecule is COC(=O)Cn1ncc(NC2CC(O)C2(C)C)c(Br)c1=O. The van der Waals surface area contributed by atoms with E-state index in [2.05, 4.69) is 31.1 Å². The van der Waals surface area contributed by atoms with Gasteiger partial charge in [-0.05, 0) is 22.4 Å². The van der Waals surface area contributed by atoms with E-state index in [4.69, 9.17) is 0 Å². The molecule has 0 aromatic carbocycles. The molecule has 1 heterocycles. The van der Waals surface area contributed by atoms with Crippen molar-refractivity contribution in [2.24, 2.45) is 5.41 Å². The third-order valence-electron chi connectivity index (χ3n) is 4.04. The lowest BCUT2D eigenvalue weighted by atomic mass is 9.64. The number of halogens is 1. The van der Waals surface area contributed by atoms with Crippen LogP contribution in [0.15, 0.2) is 15.5 Å². The van der Waals surface area contributed by atoms with E-state index in [1.807, 2.05) is 13.8 Å². The monoisotopic (exact) mass is 359 g/mol. The first-order chi connectivity index (χ1) is 9.77. The molecule has 2 atom stereocenters. The second kappa shape index (κ2) is 5.76. The van der Waals surface area contributed by atoms with Crippen molar-refractivity contribution < 1.29 is 14.6 Å². The van der Waals surface area contributed by atoms with Gasteiger partial charge in [-0.2, -0.15) is 5.10 Å². The zero-order chi connectivity index (χ0) is 15.8. The van der Waals surface area contributed by atoms with Gasteiger partial charge in [0.05, 0.1) is 25.1 Å². The Balaban J connectivity index is 2.18. The Bertz CT molecular complexity index is 614. The fraction of sp³-hybridized carbons (Fsp3) is 0.615. The van der Waals surface area contributed by atoms with Crippen molar-refractivity contribution >= 4 is 27.6 Å². The molecule has 1 saturated carbocycles. The molecule has 2 rings (SSSR count). The zero-order valence-electron chi connectivity index (χ0n) is 12.1. The third-order valence-corrected chi connectivity index (χ3v) is 4.80. The Morgan fingerprint density at radius 1 is 1.67 bits per heavy atom. The highest BCUT2D eigenvalue weighted by molar-refractivity contribution is 9.10. The summed E-state index contributed by atoms with van der Waals surface area (Å²) in [5.74, 6) is -0.541. The van der Waals surface area contributed by atoms with Crippen molar-refractivity contribution in [2.45, 2.75) is 39.0 Å². The van der Waals surface area contributed by atoms with Gasteiger partial charge < -0.3 is 15.2 Å². The van der Waals surface area contributed by atoms with E-state index in [0.29, 0.717) is 16.6 Å². The van der Waals surface area contributed by atoms with Gasteiger partial charge in [0, 0.05) is 11.5 Å². The Kier molecular flexibility index (Phi) is 4.38. The average Bonchev–Trinajstić information content (AvgIpc) is 2.45. The number of rotatable bonds is 4. The summed E-state index contributed by atoms with van der Waals surface area (Å²) in [5, 5.41) is 16.9. The molecule has 1 aromatic heterocycles. The smallest absolute Gasteiger partial charge is 0.327 e. The summed E-state index contributed by atoms with van der Waals surface area (Å²) in [5.41, 5.74) is -0.130. The first kappa shape index (κ1) is 16.0. The highest BCUT2D eigenvalue weighted by Crippen LogP contribution is 2.42. The van der Waals surface area contributed by atoms with E-state index >= 15 is 0 Å². The van der Waals surface area contributed by atoms with Crippen LogP contribution in [-0.2, 0) is 16.1 Å². The van der Waals surface area contributed by atoms with Gasteiger partial charge in [0.1, 0.15) is 11.0 Å². The number of aromatic nitrogens is 2. The van der Waals surface area contributed by atoms with E-state index in [9.17, 15) is 14.7 Å². The number of ether oxygens (including phenoxy) is 1. The number of carbonyl (C=O) groups is 1. The predicted molar refractivity (Wildman–Crippen MR) is 80.0 cm³/mol. The van der Waals surface area contributed by atoms with E-state index in [-0.39, 0.29) is 24.1 Å². The fourth-order valence-electron chi connectivity index (χ4n) is 2.20. The molecule has 21 heavy (non-hydrogen) atoms. The molecule has 116 valence electrons. The largest absolute Gasteiger partial charge is 0.468 e. The minimum Gasteiger partial charge on any atom is -0.468 e. The first-order valence-corrected chi connectivity index (χ1v) is 7.33. The number of nitrogens with zero attached hydrogens (tertiary/aromatic N) is 2. The first-order valence-electron chi connectivity index (χ1n) is 6.54. The summed E-state index contributed by atoms with van der Waals surface area (Å²) < 4.78 is 5.85. The Hall–Kier alpha value is -1.41. The molecule has 0 spiro atoms. The second-order valence-corrected chi connectivity index (χ2v) is 6.47. The van der Waals surface area contributed by atoms with Crippen LogP contribution in [-0.4, -0.2) is 40.1 Å². The average molecular weight is 360 g/mol. The van der Waals surface area contributed by atoms with Crippen LogP contribution in [0.3, 0.4) is 0 Å². The van der Waals surface area contributed by atoms with Gasteiger partial charge in [-0.1, -0.05) is 13.8 Å². The maximum absolute atomic E-state index is 12.1. The summed E-state index contributed by atoms with van der Waals surface area (Å²) in [6.45, 7) is 3.68. The van der Waals surface area contributed by atoms with Crippen LogP contribution in [0.2, 0.25) is 0 Å². The van der Waals surface area contributed by atoms with E-state index in [0.717, 1.165) is 4.68 Å². The molecule has 8 heteroatoms. The van der Waals surface area contributed by atoms with Crippen LogP contribution in [0.25, 0.3) is 0 Å². The van der Waals surface area contributed by atoms with Gasteiger partial charge >= 0.3 is 5.97 Å². The molecule has 0 aliphatic heterocycles. The van der Waals surface area contributed by atoms with Crippen molar-refractivity contribution in [3.05, 3.63) is 21.0 Å². The van der Waals surface area contributed by atoms with Gasteiger partial charge in [-0.25, -0.2) is 4.68 Å². The number of hydrogen-bond donors (Lipinski definition) is 2. The normalized spacial score (nSPS) is 23.3. The standard InChI is InChI=1S/C13H18BrN3O4/c1-13(2)8(4-9(13)18)16-7-5-15-17(6-10(19)21-3)12(20)11(7)14/h5,8-9,16,18H,4,6H2,1-3H3. The Morgan fingerprint density at radius 3 is 2.86 bits per heavy atom. The van der Waals surface area contributed by atoms with Gasteiger partial charge in [-0.15, -0.1) is 0 Å². The zero-order valence-corrected chi connectivity index (χ0v) is 13.7. The molecule has 1 aliphatic rings. The number of methoxy groups -OCH3 is 1. The van der Waals surface area contributed by atoms with Gasteiger partial charge in [0.25, 0.3) is 5.56 Å². The number of aliphatic hydroxyl groups is 1. The topological polar surface area (TPSA) is 93.5 Å². The van der Waals surface area contributed by atoms with Crippen LogP contribution in [0, 0.1) is 5.41 Å². The van der Waals surface area contributed by atoms with Gasteiger partial charge in [0.15, 0.2) is 0 Å². The molecule has 0 radical (unpaired) electrons. The van der Waals surface area contributed by atoms with Crippen LogP contribution in [0.1, 0.15) is 20.3 Å². The highest BCUT2D eigenvalue weighted by atomic mass is 79.9. The third kappa shape index (κ3) is 2.96. The van der Waals surface area contributed by atoms with Crippen molar-refractivity contribution in [3.63, 3.8) is 0 Å². The minimum absolute atomic E-state index is 0.0569. The number of aliphatic hydroxyl groups excluding tert-OH is 1. The predicted octanol–water partition coefficient (Wildman–Crippen LogP) is 0.750. The van der Waals surface area contributed by atoms with Gasteiger partial charge in [-0.3, -0.25) is 9.59 Å². The molecule has 0 saturated heterocycles. The number of esters is 1. The summed E-state index contributed by atoms with van der Waals surface area (Å²) in [4.78, 5) is 23.3. The molecule has 1 fully saturated rings. The molecule has 2 unspecified atom stereocenters. The summed E-state index contributed by atoms with van der Waals surface area (Å²) in [6, 6.07) is 0.0569. The Morgan fingerprint density at radius 2 is 2.33 bits per heavy atom. The van der Waals surface area contributed by atoms with Crippen molar-refractivity contribution in [1.29, 1.82) is 0 Å². The molecule has 0 bridgehead atoms. The lowest BCUT2D eigenvalue weighted by Crippen LogP contribution is -2.57. The number of anilines is 1. The van der Waals surface area contributed by atoms with E-state index in [1.54, 1.807) is 0 Å². The lowest BCUT2D eigenvalue weighted by molar-refractivity contribution is -0.141. The highest BCUT2D eigenvalue weighted by Gasteiger charge is 2.47. The van der Waals surface area contributed by atoms with Crippen molar-refractivity contribution in [3.8, 4) is 0 Å². The van der Waals surface area contributed by atoms with E-state index in [1.165, 1.54) is 13.3 Å². The number of carbonyl (C=O) groups excluding carboxylic acids is 1. The van der Waals surface area contributed by atoms with Crippen LogP contribution in [0.4, 0.5) is 5.69 Å². The van der Waals surface area contributed by atoms with Crippen molar-refractivity contribution in [2.75, 3.05) is 12.4 Å². The minimum atomic E-state index is -0.541. The van der Waals surface area contributed by atoms with Gasteiger partial charge in [0.2, 0.25) is 0 Å². The maximum Gasteiger partial charge on any atom is 0.327 e. The molecular formula is C13H18BrN3O4. The van der Waals surface area contributed by atoms with Crippen LogP contribution in [0.5, 0.6) is 0 Å². The summed E-state index contributed by atoms with van der Waals surface area (Å²) in [7, 11) is 1.25. The molecule has 7 nitrogen and oxygen atoms in total. The van der Waals surface area contributed by atoms with Crippen LogP contribution < -0.4 is 10.9 Å². The maximum atomic E-state index is 12.1. The fourth-order valence-corrected chi connectivity index (χ4v) is 2.62. The summed E-state index contributed by atoms with van der Waals surface area (Å²) >= 11 is 3.23. The molecule has 2 N–H and O–H groups in total. The lowest BCUT2D eigenvalue weighted by Gasteiger charge is -2.49. The van der Waals surface area contributed by atoms with Crippen molar-refractivity contribution in [1.82, 2.24) is 9.78 Å². The molecule has 1 aliphatic carbocycles. The quantitative estimate of drug-likeness (QED) is 0.770. The Labute approximate surface area is 130 Å². The summed E-state index contributed by atoms with van der Waals surface area (Å²) in [6.07, 6.45) is 1.74. The molecule has 1 aromatic rings.